The van der Waals surface area contributed by atoms with Crippen LogP contribution in [0.25, 0.3) is 0 Å². The Labute approximate surface area is 123 Å². The average Bonchev–Trinajstić information content (AvgIpc) is 2.48. The molecule has 0 aliphatic heterocycles. The third-order valence-corrected chi connectivity index (χ3v) is 3.15. The molecule has 0 aliphatic rings. The van der Waals surface area contributed by atoms with Crippen molar-refractivity contribution in [1.29, 1.82) is 0 Å². The van der Waals surface area contributed by atoms with Crippen molar-refractivity contribution in [3.63, 3.8) is 0 Å². The normalized spacial score (nSPS) is 10.3. The molecule has 0 aliphatic carbocycles. The first kappa shape index (κ1) is 14.6. The maximum absolute atomic E-state index is 6.18. The highest BCUT2D eigenvalue weighted by Crippen LogP contribution is 2.27. The Morgan fingerprint density at radius 2 is 2.00 bits per heavy atom. The van der Waals surface area contributed by atoms with Gasteiger partial charge < -0.3 is 14.8 Å². The summed E-state index contributed by atoms with van der Waals surface area (Å²) in [5, 5.41) is 3.77. The first-order valence-corrected chi connectivity index (χ1v) is 6.67. The molecule has 0 spiro atoms. The summed E-state index contributed by atoms with van der Waals surface area (Å²) in [6, 6.07) is 11.2. The van der Waals surface area contributed by atoms with Gasteiger partial charge in [-0.2, -0.15) is 0 Å². The van der Waals surface area contributed by atoms with Crippen molar-refractivity contribution in [2.75, 3.05) is 14.2 Å². The molecule has 106 valence electrons. The fraction of sp³-hybridized carbons (Fsp3) is 0.267. The van der Waals surface area contributed by atoms with Crippen molar-refractivity contribution in [2.24, 2.45) is 0 Å². The lowest BCUT2D eigenvalue weighted by molar-refractivity contribution is 0.294. The summed E-state index contributed by atoms with van der Waals surface area (Å²) in [5.41, 5.74) is 1.75. The van der Waals surface area contributed by atoms with Crippen LogP contribution in [0.4, 0.5) is 0 Å². The zero-order chi connectivity index (χ0) is 14.4. The highest BCUT2D eigenvalue weighted by molar-refractivity contribution is 6.31. The lowest BCUT2D eigenvalue weighted by atomic mass is 10.2. The zero-order valence-electron chi connectivity index (χ0n) is 11.5. The van der Waals surface area contributed by atoms with Crippen LogP contribution in [0.15, 0.2) is 36.4 Å². The van der Waals surface area contributed by atoms with E-state index in [2.05, 4.69) is 10.3 Å². The van der Waals surface area contributed by atoms with E-state index in [1.165, 1.54) is 0 Å². The topological polar surface area (TPSA) is 43.4 Å². The van der Waals surface area contributed by atoms with Crippen LogP contribution in [0.2, 0.25) is 5.02 Å². The maximum atomic E-state index is 6.18. The molecule has 2 rings (SSSR count). The van der Waals surface area contributed by atoms with Gasteiger partial charge in [0.1, 0.15) is 12.4 Å². The summed E-state index contributed by atoms with van der Waals surface area (Å²) in [5.74, 6) is 1.34. The Bertz CT molecular complexity index is 576. The SMILES string of the molecule is CNCc1c(Cl)cccc1OCc1cccc(OC)n1. The molecule has 1 aromatic carbocycles. The van der Waals surface area contributed by atoms with Gasteiger partial charge >= 0.3 is 0 Å². The molecule has 0 fully saturated rings. The number of hydrogen-bond donors (Lipinski definition) is 1. The third kappa shape index (κ3) is 3.62. The second-order valence-electron chi connectivity index (χ2n) is 4.21. The first-order chi connectivity index (χ1) is 9.74. The molecule has 0 saturated heterocycles. The van der Waals surface area contributed by atoms with E-state index in [0.717, 1.165) is 17.0 Å². The quantitative estimate of drug-likeness (QED) is 0.889. The number of aromatic nitrogens is 1. The molecule has 0 saturated carbocycles. The van der Waals surface area contributed by atoms with Crippen LogP contribution in [0.5, 0.6) is 11.6 Å². The van der Waals surface area contributed by atoms with Crippen molar-refractivity contribution >= 4 is 11.6 Å². The van der Waals surface area contributed by atoms with Gasteiger partial charge in [0, 0.05) is 23.2 Å². The predicted molar refractivity (Wildman–Crippen MR) is 79.3 cm³/mol. The molecule has 4 nitrogen and oxygen atoms in total. The number of nitrogens with one attached hydrogen (secondary N) is 1. The second kappa shape index (κ2) is 7.12. The van der Waals surface area contributed by atoms with Gasteiger partial charge in [0.05, 0.1) is 12.8 Å². The van der Waals surface area contributed by atoms with E-state index in [1.807, 2.05) is 37.4 Å². The lowest BCUT2D eigenvalue weighted by Gasteiger charge is -2.12. The minimum Gasteiger partial charge on any atom is -0.487 e. The number of halogens is 1. The molecule has 1 N–H and O–H groups in total. The van der Waals surface area contributed by atoms with Crippen molar-refractivity contribution in [2.45, 2.75) is 13.2 Å². The van der Waals surface area contributed by atoms with E-state index in [0.29, 0.717) is 24.1 Å². The predicted octanol–water partition coefficient (Wildman–Crippen LogP) is 3.04. The Hall–Kier alpha value is -1.78. The largest absolute Gasteiger partial charge is 0.487 e. The molecule has 2 aromatic rings. The van der Waals surface area contributed by atoms with E-state index in [-0.39, 0.29) is 0 Å². The van der Waals surface area contributed by atoms with E-state index in [9.17, 15) is 0 Å². The van der Waals surface area contributed by atoms with E-state index >= 15 is 0 Å². The van der Waals surface area contributed by atoms with Crippen LogP contribution < -0.4 is 14.8 Å². The Morgan fingerprint density at radius 1 is 1.20 bits per heavy atom. The number of pyridine rings is 1. The molecule has 5 heteroatoms. The van der Waals surface area contributed by atoms with Gasteiger partial charge in [-0.1, -0.05) is 23.7 Å². The van der Waals surface area contributed by atoms with Gasteiger partial charge in [-0.25, -0.2) is 4.98 Å². The smallest absolute Gasteiger partial charge is 0.213 e. The maximum Gasteiger partial charge on any atom is 0.213 e. The highest BCUT2D eigenvalue weighted by Gasteiger charge is 2.08. The number of hydrogen-bond acceptors (Lipinski definition) is 4. The summed E-state index contributed by atoms with van der Waals surface area (Å²) in [4.78, 5) is 4.31. The number of ether oxygens (including phenoxy) is 2. The summed E-state index contributed by atoms with van der Waals surface area (Å²) >= 11 is 6.18. The van der Waals surface area contributed by atoms with Crippen LogP contribution in [-0.2, 0) is 13.2 Å². The average molecular weight is 293 g/mol. The first-order valence-electron chi connectivity index (χ1n) is 6.29. The van der Waals surface area contributed by atoms with Gasteiger partial charge in [-0.05, 0) is 25.2 Å². The molecule has 0 amide bonds. The standard InChI is InChI=1S/C15H17ClN2O2/c1-17-9-12-13(16)6-4-7-14(12)20-10-11-5-3-8-15(18-11)19-2/h3-8,17H,9-10H2,1-2H3. The van der Waals surface area contributed by atoms with Crippen LogP contribution in [0.3, 0.4) is 0 Å². The summed E-state index contributed by atoms with van der Waals surface area (Å²) in [7, 11) is 3.46. The fourth-order valence-electron chi connectivity index (χ4n) is 1.83. The van der Waals surface area contributed by atoms with Crippen LogP contribution >= 0.6 is 11.6 Å². The summed E-state index contributed by atoms with van der Waals surface area (Å²) in [6.45, 7) is 1.02. The van der Waals surface area contributed by atoms with Gasteiger partial charge in [0.2, 0.25) is 5.88 Å². The van der Waals surface area contributed by atoms with Crippen LogP contribution in [-0.4, -0.2) is 19.1 Å². The third-order valence-electron chi connectivity index (χ3n) is 2.80. The van der Waals surface area contributed by atoms with Gasteiger partial charge in [-0.15, -0.1) is 0 Å². The summed E-state index contributed by atoms with van der Waals surface area (Å²) in [6.07, 6.45) is 0. The van der Waals surface area contributed by atoms with E-state index < -0.39 is 0 Å². The van der Waals surface area contributed by atoms with Gasteiger partial charge in [0.25, 0.3) is 0 Å². The number of nitrogens with zero attached hydrogens (tertiary/aromatic N) is 1. The van der Waals surface area contributed by atoms with Crippen molar-refractivity contribution in [3.05, 3.63) is 52.7 Å². The minimum absolute atomic E-state index is 0.369. The van der Waals surface area contributed by atoms with Crippen molar-refractivity contribution in [3.8, 4) is 11.6 Å². The molecule has 20 heavy (non-hydrogen) atoms. The van der Waals surface area contributed by atoms with Crippen LogP contribution in [0, 0.1) is 0 Å². The lowest BCUT2D eigenvalue weighted by Crippen LogP contribution is -2.08. The Kier molecular flexibility index (Phi) is 5.21. The minimum atomic E-state index is 0.369. The zero-order valence-corrected chi connectivity index (χ0v) is 12.3. The molecule has 1 aromatic heterocycles. The van der Waals surface area contributed by atoms with Gasteiger partial charge in [-0.3, -0.25) is 0 Å². The van der Waals surface area contributed by atoms with Crippen molar-refractivity contribution in [1.82, 2.24) is 10.3 Å². The highest BCUT2D eigenvalue weighted by atomic mass is 35.5. The van der Waals surface area contributed by atoms with E-state index in [4.69, 9.17) is 21.1 Å². The molecule has 0 atom stereocenters. The molecular formula is C15H17ClN2O2. The second-order valence-corrected chi connectivity index (χ2v) is 4.61. The molecule has 0 bridgehead atoms. The van der Waals surface area contributed by atoms with Gasteiger partial charge in [0.15, 0.2) is 0 Å². The summed E-state index contributed by atoms with van der Waals surface area (Å²) < 4.78 is 10.9. The molecule has 0 unspecified atom stereocenters. The molecule has 1 heterocycles. The monoisotopic (exact) mass is 292 g/mol. The Morgan fingerprint density at radius 3 is 2.75 bits per heavy atom. The van der Waals surface area contributed by atoms with E-state index in [1.54, 1.807) is 13.2 Å². The van der Waals surface area contributed by atoms with Crippen molar-refractivity contribution < 1.29 is 9.47 Å². The number of rotatable bonds is 6. The number of benzene rings is 1. The fourth-order valence-corrected chi connectivity index (χ4v) is 2.06. The molecular weight excluding hydrogens is 276 g/mol. The molecule has 0 radical (unpaired) electrons. The Balaban J connectivity index is 2.12. The number of methoxy groups -OCH3 is 1. The van der Waals surface area contributed by atoms with Crippen LogP contribution in [0.1, 0.15) is 11.3 Å².